The lowest BCUT2D eigenvalue weighted by Crippen LogP contribution is -2.41. The van der Waals surface area contributed by atoms with Crippen LogP contribution in [-0.4, -0.2) is 45.9 Å². The number of aromatic nitrogens is 1. The minimum absolute atomic E-state index is 0. The highest BCUT2D eigenvalue weighted by Crippen LogP contribution is 2.18. The Balaban J connectivity index is 0.00000264. The summed E-state index contributed by atoms with van der Waals surface area (Å²) in [6, 6.07) is 2.91. The van der Waals surface area contributed by atoms with Gasteiger partial charge in [0.15, 0.2) is 0 Å². The van der Waals surface area contributed by atoms with Crippen LogP contribution in [0.2, 0.25) is 0 Å². The molecule has 0 radical (unpaired) electrons. The van der Waals surface area contributed by atoms with Gasteiger partial charge < -0.3 is 16.0 Å². The van der Waals surface area contributed by atoms with Gasteiger partial charge in [-0.05, 0) is 19.4 Å². The fourth-order valence-electron chi connectivity index (χ4n) is 2.38. The SMILES string of the molecule is CC(N)C(C)C(=O)N1CCC(Nc2ccc([N+](=O)[O-])cn2)C1.Cl.Cl. The molecule has 0 saturated carbocycles. The van der Waals surface area contributed by atoms with Crippen LogP contribution in [0, 0.1) is 16.0 Å². The predicted octanol–water partition coefficient (Wildman–Crippen LogP) is 1.83. The van der Waals surface area contributed by atoms with Gasteiger partial charge in [0.2, 0.25) is 5.91 Å². The van der Waals surface area contributed by atoms with Crippen LogP contribution in [-0.2, 0) is 4.79 Å². The number of likely N-dealkylation sites (tertiary alicyclic amines) is 1. The Kier molecular flexibility index (Phi) is 8.95. The number of nitrogens with two attached hydrogens (primary N) is 1. The average Bonchev–Trinajstić information content (AvgIpc) is 2.94. The average molecular weight is 380 g/mol. The van der Waals surface area contributed by atoms with E-state index in [0.717, 1.165) is 6.42 Å². The predicted molar refractivity (Wildman–Crippen MR) is 96.8 cm³/mol. The van der Waals surface area contributed by atoms with Crippen LogP contribution in [0.4, 0.5) is 11.5 Å². The summed E-state index contributed by atoms with van der Waals surface area (Å²) in [5.41, 5.74) is 5.73. The van der Waals surface area contributed by atoms with E-state index in [4.69, 9.17) is 5.73 Å². The van der Waals surface area contributed by atoms with Crippen molar-refractivity contribution in [1.29, 1.82) is 0 Å². The van der Waals surface area contributed by atoms with E-state index in [1.54, 1.807) is 11.0 Å². The molecule has 1 saturated heterocycles. The highest BCUT2D eigenvalue weighted by Gasteiger charge is 2.30. The quantitative estimate of drug-likeness (QED) is 0.595. The molecule has 0 aromatic carbocycles. The van der Waals surface area contributed by atoms with E-state index in [1.165, 1.54) is 12.3 Å². The summed E-state index contributed by atoms with van der Waals surface area (Å²) in [6.07, 6.45) is 2.04. The molecule has 3 unspecified atom stereocenters. The molecule has 1 aromatic rings. The zero-order valence-corrected chi connectivity index (χ0v) is 15.2. The third-order valence-electron chi connectivity index (χ3n) is 3.99. The maximum atomic E-state index is 12.2. The van der Waals surface area contributed by atoms with Crippen molar-refractivity contribution in [1.82, 2.24) is 9.88 Å². The van der Waals surface area contributed by atoms with E-state index in [1.807, 2.05) is 13.8 Å². The van der Waals surface area contributed by atoms with Gasteiger partial charge in [-0.3, -0.25) is 14.9 Å². The molecule has 1 aromatic heterocycles. The lowest BCUT2D eigenvalue weighted by atomic mass is 10.0. The number of carbonyl (C=O) groups excluding carboxylic acids is 1. The van der Waals surface area contributed by atoms with Crippen LogP contribution < -0.4 is 11.1 Å². The first-order chi connectivity index (χ1) is 10.4. The zero-order valence-electron chi connectivity index (χ0n) is 13.5. The van der Waals surface area contributed by atoms with Crippen molar-refractivity contribution in [2.45, 2.75) is 32.4 Å². The Morgan fingerprint density at radius 2 is 2.12 bits per heavy atom. The molecular formula is C14H23Cl2N5O3. The van der Waals surface area contributed by atoms with E-state index in [2.05, 4.69) is 10.3 Å². The molecule has 3 N–H and O–H groups in total. The highest BCUT2D eigenvalue weighted by molar-refractivity contribution is 5.85. The van der Waals surface area contributed by atoms with E-state index in [-0.39, 0.29) is 54.4 Å². The van der Waals surface area contributed by atoms with Crippen LogP contribution in [0.25, 0.3) is 0 Å². The van der Waals surface area contributed by atoms with E-state index < -0.39 is 4.92 Å². The Hall–Kier alpha value is -1.64. The standard InChI is InChI=1S/C14H21N5O3.2ClH/c1-9(10(2)15)14(20)18-6-5-11(8-18)17-13-4-3-12(7-16-13)19(21)22;;/h3-4,7,9-11H,5-6,8,15H2,1-2H3,(H,16,17);2*1H. The Morgan fingerprint density at radius 3 is 2.62 bits per heavy atom. The molecule has 1 aliphatic heterocycles. The number of halogens is 2. The number of amides is 1. The molecule has 1 fully saturated rings. The summed E-state index contributed by atoms with van der Waals surface area (Å²) in [6.45, 7) is 4.94. The maximum Gasteiger partial charge on any atom is 0.287 e. The third kappa shape index (κ3) is 5.47. The minimum Gasteiger partial charge on any atom is -0.365 e. The molecule has 0 aliphatic carbocycles. The van der Waals surface area contributed by atoms with E-state index in [9.17, 15) is 14.9 Å². The number of hydrogen-bond donors (Lipinski definition) is 2. The van der Waals surface area contributed by atoms with Gasteiger partial charge in [0.05, 0.1) is 10.8 Å². The zero-order chi connectivity index (χ0) is 16.3. The molecule has 2 heterocycles. The number of nitro groups is 1. The van der Waals surface area contributed by atoms with Gasteiger partial charge in [0.1, 0.15) is 12.0 Å². The second kappa shape index (κ2) is 9.61. The highest BCUT2D eigenvalue weighted by atomic mass is 35.5. The summed E-state index contributed by atoms with van der Waals surface area (Å²) < 4.78 is 0. The number of nitrogens with zero attached hydrogens (tertiary/aromatic N) is 3. The first-order valence-corrected chi connectivity index (χ1v) is 7.30. The van der Waals surface area contributed by atoms with Gasteiger partial charge in [-0.15, -0.1) is 24.8 Å². The first-order valence-electron chi connectivity index (χ1n) is 7.30. The molecule has 1 amide bonds. The normalized spacial score (nSPS) is 18.8. The van der Waals surface area contributed by atoms with Crippen molar-refractivity contribution in [3.8, 4) is 0 Å². The number of pyridine rings is 1. The van der Waals surface area contributed by atoms with Crippen LogP contribution in [0.5, 0.6) is 0 Å². The third-order valence-corrected chi connectivity index (χ3v) is 3.99. The van der Waals surface area contributed by atoms with Crippen molar-refractivity contribution in [2.24, 2.45) is 11.7 Å². The smallest absolute Gasteiger partial charge is 0.287 e. The number of nitrogens with one attached hydrogen (secondary N) is 1. The minimum atomic E-state index is -0.484. The molecule has 8 nitrogen and oxygen atoms in total. The molecule has 10 heteroatoms. The van der Waals surface area contributed by atoms with Gasteiger partial charge in [0, 0.05) is 31.2 Å². The topological polar surface area (TPSA) is 114 Å². The maximum absolute atomic E-state index is 12.2. The summed E-state index contributed by atoms with van der Waals surface area (Å²) >= 11 is 0. The van der Waals surface area contributed by atoms with E-state index in [0.29, 0.717) is 18.9 Å². The van der Waals surface area contributed by atoms with Crippen LogP contribution in [0.3, 0.4) is 0 Å². The van der Waals surface area contributed by atoms with E-state index >= 15 is 0 Å². The van der Waals surface area contributed by atoms with Crippen molar-refractivity contribution in [2.75, 3.05) is 18.4 Å². The first kappa shape index (κ1) is 22.4. The second-order valence-electron chi connectivity index (χ2n) is 5.72. The molecule has 3 atom stereocenters. The van der Waals surface area contributed by atoms with Crippen molar-refractivity contribution in [3.05, 3.63) is 28.4 Å². The van der Waals surface area contributed by atoms with Crippen LogP contribution >= 0.6 is 24.8 Å². The Morgan fingerprint density at radius 1 is 1.46 bits per heavy atom. The number of carbonyl (C=O) groups is 1. The van der Waals surface area contributed by atoms with Gasteiger partial charge >= 0.3 is 0 Å². The number of hydrogen-bond acceptors (Lipinski definition) is 6. The lowest BCUT2D eigenvalue weighted by Gasteiger charge is -2.23. The number of anilines is 1. The molecule has 0 spiro atoms. The van der Waals surface area contributed by atoms with Gasteiger partial charge in [0.25, 0.3) is 5.69 Å². The summed E-state index contributed by atoms with van der Waals surface area (Å²) in [4.78, 5) is 28.2. The fourth-order valence-corrected chi connectivity index (χ4v) is 2.38. The fraction of sp³-hybridized carbons (Fsp3) is 0.571. The van der Waals surface area contributed by atoms with Crippen molar-refractivity contribution < 1.29 is 9.72 Å². The number of rotatable bonds is 5. The van der Waals surface area contributed by atoms with Crippen LogP contribution in [0.15, 0.2) is 18.3 Å². The van der Waals surface area contributed by atoms with Gasteiger partial charge in [-0.2, -0.15) is 0 Å². The summed E-state index contributed by atoms with van der Waals surface area (Å²) in [5, 5.41) is 13.8. The Bertz CT molecular complexity index is 556. The molecular weight excluding hydrogens is 357 g/mol. The summed E-state index contributed by atoms with van der Waals surface area (Å²) in [7, 11) is 0. The van der Waals surface area contributed by atoms with Crippen molar-refractivity contribution >= 4 is 42.2 Å². The van der Waals surface area contributed by atoms with Crippen LogP contribution in [0.1, 0.15) is 20.3 Å². The largest absolute Gasteiger partial charge is 0.365 e. The lowest BCUT2D eigenvalue weighted by molar-refractivity contribution is -0.385. The van der Waals surface area contributed by atoms with Gasteiger partial charge in [-0.25, -0.2) is 4.98 Å². The summed E-state index contributed by atoms with van der Waals surface area (Å²) in [5.74, 6) is 0.442. The molecule has 2 rings (SSSR count). The monoisotopic (exact) mass is 379 g/mol. The molecule has 0 bridgehead atoms. The Labute approximate surface area is 153 Å². The van der Waals surface area contributed by atoms with Crippen molar-refractivity contribution in [3.63, 3.8) is 0 Å². The molecule has 136 valence electrons. The molecule has 1 aliphatic rings. The molecule has 24 heavy (non-hydrogen) atoms. The second-order valence-corrected chi connectivity index (χ2v) is 5.72. The van der Waals surface area contributed by atoms with Gasteiger partial charge in [-0.1, -0.05) is 6.92 Å².